The molecule has 1 heterocycles. The van der Waals surface area contributed by atoms with Gasteiger partial charge in [0.1, 0.15) is 10.7 Å². The number of unbranched alkanes of at least 4 members (excludes halogenated alkanes) is 1. The van der Waals surface area contributed by atoms with Crippen molar-refractivity contribution in [1.82, 2.24) is 0 Å². The van der Waals surface area contributed by atoms with E-state index in [0.717, 1.165) is 17.7 Å². The van der Waals surface area contributed by atoms with E-state index in [9.17, 15) is 19.2 Å². The zero-order valence-corrected chi connectivity index (χ0v) is 23.4. The summed E-state index contributed by atoms with van der Waals surface area (Å²) in [5, 5.41) is 5.90. The van der Waals surface area contributed by atoms with Gasteiger partial charge in [0.05, 0.1) is 24.3 Å². The number of rotatable bonds is 10. The van der Waals surface area contributed by atoms with Gasteiger partial charge in [0, 0.05) is 16.4 Å². The highest BCUT2D eigenvalue weighted by molar-refractivity contribution is 6.53. The third-order valence-corrected chi connectivity index (χ3v) is 6.97. The topological polar surface area (TPSA) is 105 Å². The molecule has 0 aromatic heterocycles. The summed E-state index contributed by atoms with van der Waals surface area (Å²) in [6, 6.07) is 18.3. The third kappa shape index (κ3) is 6.52. The molecule has 0 aliphatic carbocycles. The van der Waals surface area contributed by atoms with Crippen molar-refractivity contribution in [2.45, 2.75) is 33.1 Å². The predicted octanol–water partition coefficient (Wildman–Crippen LogP) is 6.22. The van der Waals surface area contributed by atoms with Gasteiger partial charge < -0.3 is 15.4 Å². The van der Waals surface area contributed by atoms with E-state index < -0.39 is 17.8 Å². The minimum Gasteiger partial charge on any atom is -0.462 e. The first kappa shape index (κ1) is 28.9. The van der Waals surface area contributed by atoms with Crippen LogP contribution in [0.2, 0.25) is 5.02 Å². The number of amides is 3. The molecule has 0 spiro atoms. The Morgan fingerprint density at radius 1 is 0.925 bits per heavy atom. The Balaban J connectivity index is 1.37. The zero-order chi connectivity index (χ0) is 28.8. The lowest BCUT2D eigenvalue weighted by atomic mass is 10.1. The number of ether oxygens (including phenoxy) is 1. The van der Waals surface area contributed by atoms with Gasteiger partial charge in [-0.15, -0.1) is 0 Å². The van der Waals surface area contributed by atoms with Crippen LogP contribution in [0.15, 0.2) is 77.5 Å². The Hall–Kier alpha value is -4.14. The van der Waals surface area contributed by atoms with E-state index >= 15 is 0 Å². The number of imide groups is 1. The number of carbonyl (C=O) groups excluding carboxylic acids is 4. The molecule has 0 bridgehead atoms. The average Bonchev–Trinajstić information content (AvgIpc) is 3.14. The summed E-state index contributed by atoms with van der Waals surface area (Å²) in [6.45, 7) is 4.08. The van der Waals surface area contributed by atoms with Crippen LogP contribution >= 0.6 is 23.2 Å². The van der Waals surface area contributed by atoms with Crippen molar-refractivity contribution in [3.05, 3.63) is 99.2 Å². The lowest BCUT2D eigenvalue weighted by Gasteiger charge is -2.18. The molecule has 2 N–H and O–H groups in total. The van der Waals surface area contributed by atoms with Crippen molar-refractivity contribution in [2.75, 3.05) is 22.1 Å². The Bertz CT molecular complexity index is 1500. The molecule has 3 aromatic carbocycles. The van der Waals surface area contributed by atoms with Crippen molar-refractivity contribution in [1.29, 1.82) is 0 Å². The second-order valence-electron chi connectivity index (χ2n) is 9.14. The molecule has 0 fully saturated rings. The van der Waals surface area contributed by atoms with Crippen LogP contribution < -0.4 is 15.5 Å². The number of hydrogen-bond donors (Lipinski definition) is 2. The second kappa shape index (κ2) is 12.8. The standard InChI is InChI=1S/C30H27Cl2N3O5/c1-3-4-15-40-30(39)20-7-5-8-22(17-20)33-25(36)16-19-11-13-21(14-12-19)34-27-26(32)28(37)35(29(27)38)24-10-6-9-23(31)18(24)2/h5-14,17,34H,3-4,15-16H2,1-2H3,(H,33,36). The van der Waals surface area contributed by atoms with Crippen LogP contribution in [0.3, 0.4) is 0 Å². The first-order valence-electron chi connectivity index (χ1n) is 12.7. The molecule has 206 valence electrons. The summed E-state index contributed by atoms with van der Waals surface area (Å²) in [6.07, 6.45) is 1.79. The molecule has 0 unspecified atom stereocenters. The Morgan fingerprint density at radius 3 is 2.38 bits per heavy atom. The molecule has 0 saturated heterocycles. The van der Waals surface area contributed by atoms with Crippen LogP contribution in [0.5, 0.6) is 0 Å². The Morgan fingerprint density at radius 2 is 1.65 bits per heavy atom. The van der Waals surface area contributed by atoms with Crippen LogP contribution in [-0.2, 0) is 25.5 Å². The van der Waals surface area contributed by atoms with Gasteiger partial charge in [0.25, 0.3) is 11.8 Å². The van der Waals surface area contributed by atoms with Gasteiger partial charge in [-0.05, 0) is 66.9 Å². The largest absolute Gasteiger partial charge is 0.462 e. The quantitative estimate of drug-likeness (QED) is 0.168. The molecule has 40 heavy (non-hydrogen) atoms. The van der Waals surface area contributed by atoms with Gasteiger partial charge in [-0.2, -0.15) is 0 Å². The van der Waals surface area contributed by atoms with Gasteiger partial charge >= 0.3 is 5.97 Å². The molecule has 1 aliphatic rings. The fourth-order valence-electron chi connectivity index (χ4n) is 4.03. The van der Waals surface area contributed by atoms with E-state index in [1.807, 2.05) is 6.92 Å². The fraction of sp³-hybridized carbons (Fsp3) is 0.200. The van der Waals surface area contributed by atoms with Crippen molar-refractivity contribution >= 4 is 64.0 Å². The zero-order valence-electron chi connectivity index (χ0n) is 21.9. The summed E-state index contributed by atoms with van der Waals surface area (Å²) in [7, 11) is 0. The molecule has 0 saturated carbocycles. The minimum atomic E-state index is -0.647. The number of carbonyl (C=O) groups is 4. The molecule has 3 aromatic rings. The number of nitrogens with zero attached hydrogens (tertiary/aromatic N) is 1. The van der Waals surface area contributed by atoms with E-state index in [1.165, 1.54) is 0 Å². The lowest BCUT2D eigenvalue weighted by Crippen LogP contribution is -2.32. The van der Waals surface area contributed by atoms with Gasteiger partial charge in [-0.25, -0.2) is 9.69 Å². The Labute approximate surface area is 241 Å². The highest BCUT2D eigenvalue weighted by Crippen LogP contribution is 2.34. The third-order valence-electron chi connectivity index (χ3n) is 6.21. The number of nitrogens with one attached hydrogen (secondary N) is 2. The average molecular weight is 580 g/mol. The first-order chi connectivity index (χ1) is 19.2. The molecular weight excluding hydrogens is 553 g/mol. The van der Waals surface area contributed by atoms with E-state index in [0.29, 0.717) is 45.4 Å². The maximum absolute atomic E-state index is 13.1. The number of hydrogen-bond acceptors (Lipinski definition) is 6. The molecule has 0 radical (unpaired) electrons. The Kier molecular flexibility index (Phi) is 9.24. The van der Waals surface area contributed by atoms with Crippen LogP contribution in [0.25, 0.3) is 0 Å². The van der Waals surface area contributed by atoms with Gasteiger partial charge in [-0.3, -0.25) is 14.4 Å². The summed E-state index contributed by atoms with van der Waals surface area (Å²) in [5.41, 5.74) is 2.96. The van der Waals surface area contributed by atoms with Crippen molar-refractivity contribution in [3.8, 4) is 0 Å². The first-order valence-corrected chi connectivity index (χ1v) is 13.4. The van der Waals surface area contributed by atoms with Crippen molar-refractivity contribution < 1.29 is 23.9 Å². The maximum atomic E-state index is 13.1. The number of halogens is 2. The van der Waals surface area contributed by atoms with E-state index in [1.54, 1.807) is 73.7 Å². The van der Waals surface area contributed by atoms with Crippen LogP contribution in [-0.4, -0.2) is 30.3 Å². The monoisotopic (exact) mass is 579 g/mol. The van der Waals surface area contributed by atoms with Crippen LogP contribution in [0.4, 0.5) is 17.1 Å². The van der Waals surface area contributed by atoms with Gasteiger partial charge in [-0.1, -0.05) is 60.8 Å². The van der Waals surface area contributed by atoms with Crippen LogP contribution in [0, 0.1) is 6.92 Å². The maximum Gasteiger partial charge on any atom is 0.338 e. The van der Waals surface area contributed by atoms with E-state index in [-0.39, 0.29) is 23.1 Å². The molecule has 0 atom stereocenters. The highest BCUT2D eigenvalue weighted by Gasteiger charge is 2.39. The molecule has 4 rings (SSSR count). The molecule has 1 aliphatic heterocycles. The molecule has 8 nitrogen and oxygen atoms in total. The minimum absolute atomic E-state index is 0.0513. The van der Waals surface area contributed by atoms with Crippen molar-refractivity contribution in [2.24, 2.45) is 0 Å². The number of esters is 1. The molecule has 10 heteroatoms. The summed E-state index contributed by atoms with van der Waals surface area (Å²) in [5.74, 6) is -1.95. The molecular formula is C30H27Cl2N3O5. The van der Waals surface area contributed by atoms with Crippen molar-refractivity contribution in [3.63, 3.8) is 0 Å². The highest BCUT2D eigenvalue weighted by atomic mass is 35.5. The SMILES string of the molecule is CCCCOC(=O)c1cccc(NC(=O)Cc2ccc(NC3=C(Cl)C(=O)N(c4cccc(Cl)c4C)C3=O)cc2)c1. The van der Waals surface area contributed by atoms with E-state index in [4.69, 9.17) is 27.9 Å². The second-order valence-corrected chi connectivity index (χ2v) is 9.92. The number of benzene rings is 3. The number of anilines is 3. The summed E-state index contributed by atoms with van der Waals surface area (Å²) >= 11 is 12.4. The summed E-state index contributed by atoms with van der Waals surface area (Å²) < 4.78 is 5.22. The molecule has 3 amide bonds. The predicted molar refractivity (Wildman–Crippen MR) is 156 cm³/mol. The normalized spacial score (nSPS) is 13.1. The van der Waals surface area contributed by atoms with Gasteiger partial charge in [0.15, 0.2) is 0 Å². The van der Waals surface area contributed by atoms with Crippen LogP contribution in [0.1, 0.15) is 41.3 Å². The van der Waals surface area contributed by atoms with E-state index in [2.05, 4.69) is 10.6 Å². The summed E-state index contributed by atoms with van der Waals surface area (Å²) in [4.78, 5) is 51.7. The lowest BCUT2D eigenvalue weighted by molar-refractivity contribution is -0.120. The van der Waals surface area contributed by atoms with Gasteiger partial charge in [0.2, 0.25) is 5.91 Å². The fourth-order valence-corrected chi connectivity index (χ4v) is 4.41. The smallest absolute Gasteiger partial charge is 0.338 e.